The van der Waals surface area contributed by atoms with Gasteiger partial charge in [-0.3, -0.25) is 4.79 Å². The van der Waals surface area contributed by atoms with Crippen molar-refractivity contribution in [3.05, 3.63) is 0 Å². The Balaban J connectivity index is 2.67. The molecule has 1 rings (SSSR count). The highest BCUT2D eigenvalue weighted by Gasteiger charge is 2.33. The molecule has 1 heterocycles. The van der Waals surface area contributed by atoms with Gasteiger partial charge in [-0.2, -0.15) is 0 Å². The molecule has 5 heteroatoms. The molecule has 1 aliphatic heterocycles. The molecule has 1 amide bonds. The van der Waals surface area contributed by atoms with Crippen molar-refractivity contribution in [2.24, 2.45) is 5.92 Å². The van der Waals surface area contributed by atoms with Crippen molar-refractivity contribution in [1.29, 1.82) is 0 Å². The predicted octanol–water partition coefficient (Wildman–Crippen LogP) is 0.735. The fraction of sp³-hybridized carbons (Fsp3) is 0.818. The lowest BCUT2D eigenvalue weighted by molar-refractivity contribution is -0.154. The number of piperidine rings is 1. The first-order valence-corrected chi connectivity index (χ1v) is 5.60. The molecule has 0 aromatic rings. The summed E-state index contributed by atoms with van der Waals surface area (Å²) < 4.78 is 4.92. The molecule has 1 saturated heterocycles. The lowest BCUT2D eigenvalue weighted by atomic mass is 10.00. The van der Waals surface area contributed by atoms with Gasteiger partial charge in [0.25, 0.3) is 0 Å². The Bertz CT molecular complexity index is 267. The minimum atomic E-state index is -0.905. The van der Waals surface area contributed by atoms with Crippen LogP contribution in [0.2, 0.25) is 0 Å². The maximum absolute atomic E-state index is 12.0. The van der Waals surface area contributed by atoms with E-state index in [0.717, 1.165) is 12.8 Å². The number of aliphatic carboxylic acids is 1. The summed E-state index contributed by atoms with van der Waals surface area (Å²) >= 11 is 0. The van der Waals surface area contributed by atoms with Gasteiger partial charge in [0.05, 0.1) is 12.5 Å². The molecule has 1 N–H and O–H groups in total. The summed E-state index contributed by atoms with van der Waals surface area (Å²) in [6, 6.07) is -0.652. The lowest BCUT2D eigenvalue weighted by Crippen LogP contribution is -2.50. The fourth-order valence-electron chi connectivity index (χ4n) is 2.06. The maximum Gasteiger partial charge on any atom is 0.326 e. The molecular weight excluding hydrogens is 210 g/mol. The third-order valence-electron chi connectivity index (χ3n) is 2.91. The summed E-state index contributed by atoms with van der Waals surface area (Å²) in [7, 11) is 1.54. The Labute approximate surface area is 95.4 Å². The zero-order valence-corrected chi connectivity index (χ0v) is 9.81. The molecule has 0 radical (unpaired) electrons. The van der Waals surface area contributed by atoms with Crippen molar-refractivity contribution in [2.45, 2.75) is 32.2 Å². The number of carbonyl (C=O) groups excluding carboxylic acids is 1. The minimum absolute atomic E-state index is 0.117. The van der Waals surface area contributed by atoms with E-state index in [0.29, 0.717) is 19.6 Å². The second-order valence-electron chi connectivity index (χ2n) is 4.24. The third-order valence-corrected chi connectivity index (χ3v) is 2.91. The molecule has 16 heavy (non-hydrogen) atoms. The van der Waals surface area contributed by atoms with E-state index in [9.17, 15) is 9.59 Å². The quantitative estimate of drug-likeness (QED) is 0.772. The van der Waals surface area contributed by atoms with Crippen LogP contribution in [0.1, 0.15) is 26.2 Å². The summed E-state index contributed by atoms with van der Waals surface area (Å²) in [5.41, 5.74) is 0. The number of carboxylic acid groups (broad SMARTS) is 1. The van der Waals surface area contributed by atoms with E-state index in [-0.39, 0.29) is 11.8 Å². The Kier molecular flexibility index (Phi) is 4.73. The second kappa shape index (κ2) is 5.84. The fourth-order valence-corrected chi connectivity index (χ4v) is 2.06. The second-order valence-corrected chi connectivity index (χ2v) is 4.24. The molecular formula is C11H19NO4. The summed E-state index contributed by atoms with van der Waals surface area (Å²) in [5.74, 6) is -1.29. The maximum atomic E-state index is 12.0. The van der Waals surface area contributed by atoms with Gasteiger partial charge in [-0.25, -0.2) is 4.79 Å². The standard InChI is InChI=1S/C11H19NO4/c1-8(7-16-2)10(13)12-6-4-3-5-9(12)11(14)15/h8-9H,3-7H2,1-2H3,(H,14,15)/t8?,9-/m1/s1. The van der Waals surface area contributed by atoms with Crippen molar-refractivity contribution in [3.63, 3.8) is 0 Å². The number of rotatable bonds is 4. The van der Waals surface area contributed by atoms with Gasteiger partial charge in [0.1, 0.15) is 6.04 Å². The number of hydrogen-bond donors (Lipinski definition) is 1. The lowest BCUT2D eigenvalue weighted by Gasteiger charge is -2.34. The first kappa shape index (κ1) is 13.0. The highest BCUT2D eigenvalue weighted by molar-refractivity contribution is 5.85. The van der Waals surface area contributed by atoms with Gasteiger partial charge in [-0.1, -0.05) is 6.92 Å². The van der Waals surface area contributed by atoms with E-state index < -0.39 is 12.0 Å². The number of hydrogen-bond acceptors (Lipinski definition) is 3. The Morgan fingerprint density at radius 1 is 1.50 bits per heavy atom. The number of amides is 1. The van der Waals surface area contributed by atoms with Gasteiger partial charge in [-0.05, 0) is 19.3 Å². The van der Waals surface area contributed by atoms with Gasteiger partial charge in [0.15, 0.2) is 0 Å². The average molecular weight is 229 g/mol. The molecule has 0 aromatic heterocycles. The minimum Gasteiger partial charge on any atom is -0.480 e. The van der Waals surface area contributed by atoms with Crippen LogP contribution in [0.3, 0.4) is 0 Å². The number of carboxylic acids is 1. The van der Waals surface area contributed by atoms with Gasteiger partial charge in [0.2, 0.25) is 5.91 Å². The zero-order valence-electron chi connectivity index (χ0n) is 9.81. The topological polar surface area (TPSA) is 66.8 Å². The molecule has 0 saturated carbocycles. The zero-order chi connectivity index (χ0) is 12.1. The molecule has 0 bridgehead atoms. The Morgan fingerprint density at radius 3 is 2.75 bits per heavy atom. The van der Waals surface area contributed by atoms with Crippen LogP contribution >= 0.6 is 0 Å². The van der Waals surface area contributed by atoms with Crippen LogP contribution in [0.25, 0.3) is 0 Å². The predicted molar refractivity (Wildman–Crippen MR) is 58.0 cm³/mol. The highest BCUT2D eigenvalue weighted by atomic mass is 16.5. The Morgan fingerprint density at radius 2 is 2.19 bits per heavy atom. The van der Waals surface area contributed by atoms with Crippen molar-refractivity contribution in [2.75, 3.05) is 20.3 Å². The monoisotopic (exact) mass is 229 g/mol. The van der Waals surface area contributed by atoms with Crippen LogP contribution in [0, 0.1) is 5.92 Å². The molecule has 92 valence electrons. The van der Waals surface area contributed by atoms with Crippen LogP contribution in [0.5, 0.6) is 0 Å². The van der Waals surface area contributed by atoms with Crippen molar-refractivity contribution in [3.8, 4) is 0 Å². The molecule has 5 nitrogen and oxygen atoms in total. The third kappa shape index (κ3) is 2.95. The number of nitrogens with zero attached hydrogens (tertiary/aromatic N) is 1. The molecule has 1 unspecified atom stereocenters. The van der Waals surface area contributed by atoms with Gasteiger partial charge in [-0.15, -0.1) is 0 Å². The Hall–Kier alpha value is -1.10. The van der Waals surface area contributed by atoms with Crippen LogP contribution in [-0.2, 0) is 14.3 Å². The summed E-state index contributed by atoms with van der Waals surface area (Å²) in [6.07, 6.45) is 2.31. The summed E-state index contributed by atoms with van der Waals surface area (Å²) in [4.78, 5) is 24.5. The SMILES string of the molecule is COCC(C)C(=O)N1CCCC[C@@H]1C(=O)O. The van der Waals surface area contributed by atoms with Crippen molar-refractivity contribution < 1.29 is 19.4 Å². The average Bonchev–Trinajstić information content (AvgIpc) is 2.28. The van der Waals surface area contributed by atoms with Crippen LogP contribution in [-0.4, -0.2) is 48.2 Å². The van der Waals surface area contributed by atoms with Crippen LogP contribution < -0.4 is 0 Å². The van der Waals surface area contributed by atoms with Gasteiger partial charge < -0.3 is 14.7 Å². The number of methoxy groups -OCH3 is 1. The van der Waals surface area contributed by atoms with E-state index in [1.165, 1.54) is 12.0 Å². The van der Waals surface area contributed by atoms with E-state index in [4.69, 9.17) is 9.84 Å². The first-order valence-electron chi connectivity index (χ1n) is 5.60. The number of likely N-dealkylation sites (tertiary alicyclic amines) is 1. The molecule has 1 aliphatic rings. The number of carbonyl (C=O) groups is 2. The van der Waals surface area contributed by atoms with Crippen LogP contribution in [0.4, 0.5) is 0 Å². The largest absolute Gasteiger partial charge is 0.480 e. The normalized spacial score (nSPS) is 22.9. The van der Waals surface area contributed by atoms with Crippen molar-refractivity contribution in [1.82, 2.24) is 4.90 Å². The molecule has 1 fully saturated rings. The van der Waals surface area contributed by atoms with Crippen LogP contribution in [0.15, 0.2) is 0 Å². The highest BCUT2D eigenvalue weighted by Crippen LogP contribution is 2.19. The van der Waals surface area contributed by atoms with Gasteiger partial charge >= 0.3 is 5.97 Å². The molecule has 0 aliphatic carbocycles. The summed E-state index contributed by atoms with van der Waals surface area (Å²) in [6.45, 7) is 2.64. The molecule has 2 atom stereocenters. The van der Waals surface area contributed by atoms with E-state index in [2.05, 4.69) is 0 Å². The molecule has 0 aromatic carbocycles. The number of ether oxygens (including phenoxy) is 1. The van der Waals surface area contributed by atoms with Crippen molar-refractivity contribution >= 4 is 11.9 Å². The molecule has 0 spiro atoms. The smallest absolute Gasteiger partial charge is 0.326 e. The van der Waals surface area contributed by atoms with E-state index in [1.807, 2.05) is 0 Å². The van der Waals surface area contributed by atoms with Gasteiger partial charge in [0, 0.05) is 13.7 Å². The van der Waals surface area contributed by atoms with E-state index >= 15 is 0 Å². The first-order chi connectivity index (χ1) is 7.57. The summed E-state index contributed by atoms with van der Waals surface area (Å²) in [5, 5.41) is 9.04. The van der Waals surface area contributed by atoms with E-state index in [1.54, 1.807) is 6.92 Å².